The number of methoxy groups -OCH3 is 1. The maximum Gasteiger partial charge on any atom is 0.316 e. The first-order valence-electron chi connectivity index (χ1n) is 19.6. The van der Waals surface area contributed by atoms with Crippen LogP contribution in [0.25, 0.3) is 0 Å². The molecule has 0 amide bonds. The quantitative estimate of drug-likeness (QED) is 0.0749. The molecule has 0 radical (unpaired) electrons. The molecule has 1 N–H and O–H groups in total. The Bertz CT molecular complexity index is 1190. The Labute approximate surface area is 320 Å². The summed E-state index contributed by atoms with van der Waals surface area (Å²) in [4.78, 5) is 45.7. The van der Waals surface area contributed by atoms with Crippen molar-refractivity contribution >= 4 is 23.9 Å². The minimum absolute atomic E-state index is 0.0184. The second-order valence-corrected chi connectivity index (χ2v) is 14.8. The Hall–Kier alpha value is -3.18. The highest BCUT2D eigenvalue weighted by molar-refractivity contribution is 5.78. The summed E-state index contributed by atoms with van der Waals surface area (Å²) in [5.74, 6) is 0.522. The van der Waals surface area contributed by atoms with Gasteiger partial charge in [-0.2, -0.15) is 0 Å². The summed E-state index contributed by atoms with van der Waals surface area (Å²) in [5.41, 5.74) is -0.732. The fraction of sp³-hybridized carbons (Fsp3) is 0.762. The van der Waals surface area contributed by atoms with Gasteiger partial charge in [0, 0.05) is 5.92 Å². The van der Waals surface area contributed by atoms with Gasteiger partial charge in [-0.3, -0.25) is 19.2 Å². The zero-order valence-electron chi connectivity index (χ0n) is 35.0. The lowest BCUT2D eigenvalue weighted by atomic mass is 9.74. The van der Waals surface area contributed by atoms with Gasteiger partial charge in [0.05, 0.1) is 68.2 Å². The summed E-state index contributed by atoms with van der Waals surface area (Å²) in [6.07, 6.45) is 7.28. The van der Waals surface area contributed by atoms with E-state index in [2.05, 4.69) is 20.8 Å². The molecule has 0 bridgehead atoms. The predicted molar refractivity (Wildman–Crippen MR) is 206 cm³/mol. The molecule has 11 nitrogen and oxygen atoms in total. The van der Waals surface area contributed by atoms with Crippen LogP contribution < -0.4 is 4.74 Å². The first-order valence-corrected chi connectivity index (χ1v) is 19.6. The summed E-state index contributed by atoms with van der Waals surface area (Å²) in [6.45, 7) is 25.5. The third-order valence-corrected chi connectivity index (χ3v) is 10.5. The van der Waals surface area contributed by atoms with Crippen LogP contribution in [0.1, 0.15) is 128 Å². The largest absolute Gasteiger partial charge is 0.508 e. The summed E-state index contributed by atoms with van der Waals surface area (Å²) in [5, 5.41) is 9.06. The average molecular weight is 753 g/mol. The molecule has 2 saturated heterocycles. The van der Waals surface area contributed by atoms with Gasteiger partial charge in [-0.05, 0) is 83.1 Å². The van der Waals surface area contributed by atoms with Crippen molar-refractivity contribution in [3.8, 4) is 11.5 Å². The van der Waals surface area contributed by atoms with Gasteiger partial charge in [-0.25, -0.2) is 0 Å². The zero-order valence-corrected chi connectivity index (χ0v) is 35.0. The van der Waals surface area contributed by atoms with Crippen LogP contribution in [0.3, 0.4) is 0 Å². The monoisotopic (exact) mass is 753 g/mol. The van der Waals surface area contributed by atoms with Crippen LogP contribution in [0, 0.1) is 34.0 Å². The van der Waals surface area contributed by atoms with Crippen LogP contribution in [0.4, 0.5) is 0 Å². The number of phenols is 1. The first kappa shape index (κ1) is 49.8. The van der Waals surface area contributed by atoms with Gasteiger partial charge in [0.2, 0.25) is 0 Å². The molecule has 0 aliphatic carbocycles. The van der Waals surface area contributed by atoms with Crippen molar-refractivity contribution in [2.24, 2.45) is 34.0 Å². The molecular formula is C42H72O11. The molecule has 4 unspecified atom stereocenters. The van der Waals surface area contributed by atoms with E-state index in [1.165, 1.54) is 19.2 Å². The third-order valence-electron chi connectivity index (χ3n) is 10.5. The fourth-order valence-corrected chi connectivity index (χ4v) is 4.98. The summed E-state index contributed by atoms with van der Waals surface area (Å²) in [6, 6.07) is 6.11. The minimum atomic E-state index is -0.474. The molecule has 3 rings (SSSR count). The van der Waals surface area contributed by atoms with Crippen LogP contribution in [0.5, 0.6) is 11.5 Å². The molecule has 0 saturated carbocycles. The fourth-order valence-electron chi connectivity index (χ4n) is 4.98. The zero-order chi connectivity index (χ0) is 40.7. The predicted octanol–water partition coefficient (Wildman–Crippen LogP) is 8.72. The Kier molecular flexibility index (Phi) is 24.2. The molecule has 2 aliphatic rings. The molecule has 2 fully saturated rings. The van der Waals surface area contributed by atoms with Gasteiger partial charge >= 0.3 is 23.9 Å². The molecule has 11 heteroatoms. The number of hydrogen-bond donors (Lipinski definition) is 1. The summed E-state index contributed by atoms with van der Waals surface area (Å²) < 4.78 is 30.8. The molecule has 1 aromatic rings. The number of carbonyl (C=O) groups is 4. The van der Waals surface area contributed by atoms with Crippen LogP contribution in [0.2, 0.25) is 0 Å². The van der Waals surface area contributed by atoms with Crippen molar-refractivity contribution in [2.75, 3.05) is 46.8 Å². The molecule has 0 aromatic heterocycles. The normalized spacial score (nSPS) is 19.5. The van der Waals surface area contributed by atoms with E-state index < -0.39 is 5.41 Å². The van der Waals surface area contributed by atoms with E-state index in [4.69, 9.17) is 33.5 Å². The SMILES string of the molecule is CCC(C)(C)C(=O)Oc1ccc(O)cc1.CCC(C)C(=O)OCC1(CC)COC1.CCC1COCC1(CC)C(=O)OC.CCCCOC(=O)C(C)CC. The Balaban J connectivity index is 0.000000685. The van der Waals surface area contributed by atoms with E-state index in [-0.39, 0.29) is 52.3 Å². The maximum absolute atomic E-state index is 11.7. The van der Waals surface area contributed by atoms with Crippen molar-refractivity contribution in [3.05, 3.63) is 24.3 Å². The highest BCUT2D eigenvalue weighted by Crippen LogP contribution is 2.40. The standard InChI is InChI=1S/C12H16O3.C11H20O3.C10H18O3.C9H18O2/c1-4-12(2,3)11(14)15-10-7-5-9(13)6-8-10;1-4-9(3)10(12)14-8-11(5-2)6-13-7-11;1-4-8-6-13-7-10(8,5-2)9(11)12-3;1-4-6-7-11-9(10)8(3)5-2/h5-8,13H,4H2,1-3H3;9H,4-8H2,1-3H3;8H,4-7H2,1-3H3;8H,4-7H2,1-3H3. The number of aromatic hydroxyl groups is 1. The Morgan fingerprint density at radius 3 is 1.83 bits per heavy atom. The van der Waals surface area contributed by atoms with E-state index >= 15 is 0 Å². The van der Waals surface area contributed by atoms with Crippen molar-refractivity contribution in [1.29, 1.82) is 0 Å². The van der Waals surface area contributed by atoms with E-state index in [0.29, 0.717) is 38.1 Å². The number of carbonyl (C=O) groups excluding carboxylic acids is 4. The molecule has 53 heavy (non-hydrogen) atoms. The number of phenolic OH excluding ortho intramolecular Hbond substituents is 1. The molecule has 4 atom stereocenters. The summed E-state index contributed by atoms with van der Waals surface area (Å²) in [7, 11) is 1.45. The van der Waals surface area contributed by atoms with Gasteiger partial charge in [-0.15, -0.1) is 0 Å². The van der Waals surface area contributed by atoms with Gasteiger partial charge < -0.3 is 33.5 Å². The van der Waals surface area contributed by atoms with Crippen LogP contribution >= 0.6 is 0 Å². The van der Waals surface area contributed by atoms with Crippen LogP contribution in [0.15, 0.2) is 24.3 Å². The van der Waals surface area contributed by atoms with Crippen molar-refractivity contribution in [2.45, 2.75) is 128 Å². The van der Waals surface area contributed by atoms with E-state index in [0.717, 1.165) is 64.6 Å². The van der Waals surface area contributed by atoms with Crippen molar-refractivity contribution in [1.82, 2.24) is 0 Å². The third kappa shape index (κ3) is 16.8. The average Bonchev–Trinajstić information content (AvgIpc) is 3.59. The second-order valence-electron chi connectivity index (χ2n) is 14.8. The smallest absolute Gasteiger partial charge is 0.316 e. The summed E-state index contributed by atoms with van der Waals surface area (Å²) >= 11 is 0. The van der Waals surface area contributed by atoms with Crippen LogP contribution in [-0.2, 0) is 42.9 Å². The second kappa shape index (κ2) is 25.8. The van der Waals surface area contributed by atoms with Crippen molar-refractivity contribution in [3.63, 3.8) is 0 Å². The first-order chi connectivity index (χ1) is 25.0. The highest BCUT2D eigenvalue weighted by Gasteiger charge is 2.48. The topological polar surface area (TPSA) is 144 Å². The Morgan fingerprint density at radius 1 is 0.849 bits per heavy atom. The van der Waals surface area contributed by atoms with Crippen molar-refractivity contribution < 1.29 is 52.7 Å². The van der Waals surface area contributed by atoms with Gasteiger partial charge in [-0.1, -0.05) is 68.7 Å². The lowest BCUT2D eigenvalue weighted by Gasteiger charge is -2.40. The number of esters is 4. The molecule has 1 aromatic carbocycles. The van der Waals surface area contributed by atoms with E-state index in [9.17, 15) is 19.2 Å². The van der Waals surface area contributed by atoms with E-state index in [1.807, 2.05) is 55.4 Å². The number of rotatable bonds is 16. The van der Waals surface area contributed by atoms with Gasteiger partial charge in [0.15, 0.2) is 0 Å². The molecule has 306 valence electrons. The number of ether oxygens (including phenoxy) is 6. The molecule has 0 spiro atoms. The highest BCUT2D eigenvalue weighted by atomic mass is 16.6. The van der Waals surface area contributed by atoms with Gasteiger partial charge in [0.25, 0.3) is 0 Å². The van der Waals surface area contributed by atoms with Gasteiger partial charge in [0.1, 0.15) is 18.1 Å². The van der Waals surface area contributed by atoms with E-state index in [1.54, 1.807) is 12.1 Å². The molecular weight excluding hydrogens is 680 g/mol. The maximum atomic E-state index is 11.7. The lowest BCUT2D eigenvalue weighted by Crippen LogP contribution is -2.46. The van der Waals surface area contributed by atoms with Crippen LogP contribution in [-0.4, -0.2) is 75.7 Å². The Morgan fingerprint density at radius 2 is 1.42 bits per heavy atom. The molecule has 2 aliphatic heterocycles. The number of unbranched alkanes of at least 4 members (excludes halogenated alkanes) is 1. The number of benzene rings is 1. The number of hydrogen-bond acceptors (Lipinski definition) is 11. The lowest BCUT2D eigenvalue weighted by molar-refractivity contribution is -0.173. The minimum Gasteiger partial charge on any atom is -0.508 e. The molecule has 2 heterocycles.